The summed E-state index contributed by atoms with van der Waals surface area (Å²) in [7, 11) is 0. The Kier molecular flexibility index (Phi) is 6.52. The van der Waals surface area contributed by atoms with Crippen molar-refractivity contribution in [3.8, 4) is 0 Å². The number of benzene rings is 2. The van der Waals surface area contributed by atoms with Gasteiger partial charge in [0.15, 0.2) is 0 Å². The molecule has 2 rings (SSSR count). The first-order chi connectivity index (χ1) is 10.3. The SMILES string of the molecule is CCCC(NC/C=C/c1ccc(Cl)cc1)c1ccccc1. The van der Waals surface area contributed by atoms with Crippen LogP contribution in [0.3, 0.4) is 0 Å². The molecule has 0 saturated carbocycles. The number of hydrogen-bond acceptors (Lipinski definition) is 1. The molecule has 0 fully saturated rings. The van der Waals surface area contributed by atoms with Crippen LogP contribution in [0.15, 0.2) is 60.7 Å². The molecule has 0 bridgehead atoms. The third-order valence-electron chi connectivity index (χ3n) is 3.44. The molecule has 0 radical (unpaired) electrons. The van der Waals surface area contributed by atoms with Crippen molar-refractivity contribution >= 4 is 17.7 Å². The van der Waals surface area contributed by atoms with Crippen molar-refractivity contribution in [2.45, 2.75) is 25.8 Å². The third-order valence-corrected chi connectivity index (χ3v) is 3.69. The van der Waals surface area contributed by atoms with Crippen molar-refractivity contribution in [2.75, 3.05) is 6.54 Å². The monoisotopic (exact) mass is 299 g/mol. The van der Waals surface area contributed by atoms with E-state index in [9.17, 15) is 0 Å². The van der Waals surface area contributed by atoms with Crippen molar-refractivity contribution in [1.29, 1.82) is 0 Å². The second kappa shape index (κ2) is 8.66. The fourth-order valence-corrected chi connectivity index (χ4v) is 2.47. The smallest absolute Gasteiger partial charge is 0.0406 e. The molecule has 0 aliphatic rings. The van der Waals surface area contributed by atoms with Gasteiger partial charge in [-0.15, -0.1) is 0 Å². The van der Waals surface area contributed by atoms with Gasteiger partial charge in [0.1, 0.15) is 0 Å². The van der Waals surface area contributed by atoms with Crippen molar-refractivity contribution in [3.63, 3.8) is 0 Å². The third kappa shape index (κ3) is 5.37. The number of rotatable bonds is 7. The topological polar surface area (TPSA) is 12.0 Å². The van der Waals surface area contributed by atoms with E-state index < -0.39 is 0 Å². The first kappa shape index (κ1) is 15.8. The average molecular weight is 300 g/mol. The molecular weight excluding hydrogens is 278 g/mol. The van der Waals surface area contributed by atoms with Gasteiger partial charge in [0.05, 0.1) is 0 Å². The van der Waals surface area contributed by atoms with Gasteiger partial charge in [-0.3, -0.25) is 0 Å². The van der Waals surface area contributed by atoms with E-state index in [1.54, 1.807) is 0 Å². The zero-order valence-electron chi connectivity index (χ0n) is 12.4. The summed E-state index contributed by atoms with van der Waals surface area (Å²) in [6, 6.07) is 19.0. The summed E-state index contributed by atoms with van der Waals surface area (Å²) in [5, 5.41) is 4.38. The Morgan fingerprint density at radius 3 is 2.43 bits per heavy atom. The Morgan fingerprint density at radius 2 is 1.76 bits per heavy atom. The molecule has 1 N–H and O–H groups in total. The Hall–Kier alpha value is -1.57. The van der Waals surface area contributed by atoms with E-state index in [4.69, 9.17) is 11.6 Å². The lowest BCUT2D eigenvalue weighted by molar-refractivity contribution is 0.521. The van der Waals surface area contributed by atoms with Crippen LogP contribution in [0.5, 0.6) is 0 Å². The molecule has 21 heavy (non-hydrogen) atoms. The Bertz CT molecular complexity index is 546. The zero-order chi connectivity index (χ0) is 14.9. The maximum atomic E-state index is 5.88. The average Bonchev–Trinajstić information content (AvgIpc) is 2.53. The molecule has 2 aromatic carbocycles. The predicted molar refractivity (Wildman–Crippen MR) is 92.6 cm³/mol. The molecule has 1 unspecified atom stereocenters. The summed E-state index contributed by atoms with van der Waals surface area (Å²) in [4.78, 5) is 0. The predicted octanol–water partition coefficient (Wildman–Crippen LogP) is 5.48. The van der Waals surface area contributed by atoms with Gasteiger partial charge in [-0.25, -0.2) is 0 Å². The lowest BCUT2D eigenvalue weighted by atomic mass is 10.0. The molecule has 0 saturated heterocycles. The number of nitrogens with one attached hydrogen (secondary N) is 1. The minimum Gasteiger partial charge on any atom is -0.306 e. The second-order valence-electron chi connectivity index (χ2n) is 5.11. The highest BCUT2D eigenvalue weighted by atomic mass is 35.5. The van der Waals surface area contributed by atoms with Crippen LogP contribution in [0.2, 0.25) is 5.02 Å². The van der Waals surface area contributed by atoms with E-state index in [1.165, 1.54) is 17.5 Å². The largest absolute Gasteiger partial charge is 0.306 e. The molecule has 0 aromatic heterocycles. The molecule has 0 aliphatic heterocycles. The maximum Gasteiger partial charge on any atom is 0.0406 e. The molecule has 0 amide bonds. The first-order valence-corrected chi connectivity index (χ1v) is 7.88. The summed E-state index contributed by atoms with van der Waals surface area (Å²) < 4.78 is 0. The molecule has 110 valence electrons. The van der Waals surface area contributed by atoms with E-state index >= 15 is 0 Å². The van der Waals surface area contributed by atoms with E-state index in [-0.39, 0.29) is 0 Å². The molecule has 0 spiro atoms. The second-order valence-corrected chi connectivity index (χ2v) is 5.55. The van der Waals surface area contributed by atoms with Crippen LogP contribution in [0, 0.1) is 0 Å². The van der Waals surface area contributed by atoms with Crippen molar-refractivity contribution in [2.24, 2.45) is 0 Å². The van der Waals surface area contributed by atoms with Crippen LogP contribution in [0.25, 0.3) is 6.08 Å². The van der Waals surface area contributed by atoms with Crippen LogP contribution in [-0.2, 0) is 0 Å². The van der Waals surface area contributed by atoms with Gasteiger partial charge in [0.25, 0.3) is 0 Å². The van der Waals surface area contributed by atoms with Gasteiger partial charge < -0.3 is 5.32 Å². The normalized spacial score (nSPS) is 12.7. The molecule has 1 nitrogen and oxygen atoms in total. The molecule has 1 atom stereocenters. The first-order valence-electron chi connectivity index (χ1n) is 7.50. The van der Waals surface area contributed by atoms with E-state index in [1.807, 2.05) is 24.3 Å². The van der Waals surface area contributed by atoms with E-state index in [2.05, 4.69) is 54.7 Å². The lowest BCUT2D eigenvalue weighted by Crippen LogP contribution is -2.21. The Morgan fingerprint density at radius 1 is 1.05 bits per heavy atom. The highest BCUT2D eigenvalue weighted by Gasteiger charge is 2.07. The van der Waals surface area contributed by atoms with Gasteiger partial charge in [-0.1, -0.05) is 79.6 Å². The molecule has 2 aromatic rings. The van der Waals surface area contributed by atoms with Crippen LogP contribution in [0.1, 0.15) is 36.9 Å². The van der Waals surface area contributed by atoms with Crippen molar-refractivity contribution in [1.82, 2.24) is 5.32 Å². The Labute approximate surface area is 132 Å². The van der Waals surface area contributed by atoms with Gasteiger partial charge in [-0.2, -0.15) is 0 Å². The Balaban J connectivity index is 1.89. The standard InChI is InChI=1S/C19H22ClN/c1-2-7-19(17-9-4-3-5-10-17)21-15-6-8-16-11-13-18(20)14-12-16/h3-6,8-14,19,21H,2,7,15H2,1H3/b8-6+. The summed E-state index contributed by atoms with van der Waals surface area (Å²) in [5.74, 6) is 0. The maximum absolute atomic E-state index is 5.88. The lowest BCUT2D eigenvalue weighted by Gasteiger charge is -2.17. The quantitative estimate of drug-likeness (QED) is 0.713. The summed E-state index contributed by atoms with van der Waals surface area (Å²) in [5.41, 5.74) is 2.53. The van der Waals surface area contributed by atoms with Gasteiger partial charge in [-0.05, 0) is 29.7 Å². The van der Waals surface area contributed by atoms with Crippen molar-refractivity contribution < 1.29 is 0 Å². The summed E-state index contributed by atoms with van der Waals surface area (Å²) in [6.07, 6.45) is 6.61. The highest BCUT2D eigenvalue weighted by molar-refractivity contribution is 6.30. The molecule has 0 heterocycles. The van der Waals surface area contributed by atoms with Crippen LogP contribution < -0.4 is 5.32 Å². The van der Waals surface area contributed by atoms with Crippen molar-refractivity contribution in [3.05, 3.63) is 76.8 Å². The van der Waals surface area contributed by atoms with E-state index in [0.29, 0.717) is 6.04 Å². The van der Waals surface area contributed by atoms with Crippen LogP contribution >= 0.6 is 11.6 Å². The summed E-state index contributed by atoms with van der Waals surface area (Å²) >= 11 is 5.88. The molecular formula is C19H22ClN. The van der Waals surface area contributed by atoms with Gasteiger partial charge in [0.2, 0.25) is 0 Å². The number of halogens is 1. The van der Waals surface area contributed by atoms with E-state index in [0.717, 1.165) is 18.0 Å². The zero-order valence-corrected chi connectivity index (χ0v) is 13.2. The highest BCUT2D eigenvalue weighted by Crippen LogP contribution is 2.17. The molecule has 0 aliphatic carbocycles. The fraction of sp³-hybridized carbons (Fsp3) is 0.263. The number of hydrogen-bond donors (Lipinski definition) is 1. The fourth-order valence-electron chi connectivity index (χ4n) is 2.34. The van der Waals surface area contributed by atoms with Gasteiger partial charge >= 0.3 is 0 Å². The van der Waals surface area contributed by atoms with Gasteiger partial charge in [0, 0.05) is 17.6 Å². The minimum atomic E-state index is 0.422. The van der Waals surface area contributed by atoms with Crippen LogP contribution in [-0.4, -0.2) is 6.54 Å². The molecule has 2 heteroatoms. The minimum absolute atomic E-state index is 0.422. The van der Waals surface area contributed by atoms with Crippen LogP contribution in [0.4, 0.5) is 0 Å². The summed E-state index contributed by atoms with van der Waals surface area (Å²) in [6.45, 7) is 3.09.